The number of hydrogen-bond acceptors (Lipinski definition) is 5. The smallest absolute Gasteiger partial charge is 0.262 e. The van der Waals surface area contributed by atoms with Crippen LogP contribution in [-0.2, 0) is 11.3 Å². The van der Waals surface area contributed by atoms with Crippen LogP contribution in [0.5, 0.6) is 0 Å². The molecule has 0 radical (unpaired) electrons. The Kier molecular flexibility index (Phi) is 4.67. The molecule has 3 rings (SSSR count). The Morgan fingerprint density at radius 3 is 3.14 bits per heavy atom. The molecule has 1 aromatic heterocycles. The summed E-state index contributed by atoms with van der Waals surface area (Å²) in [5, 5.41) is 10.4. The first-order valence-electron chi connectivity index (χ1n) is 7.00. The summed E-state index contributed by atoms with van der Waals surface area (Å²) in [6.45, 7) is 1.20. The molecule has 0 amide bonds. The molecule has 5 nitrogen and oxygen atoms in total. The summed E-state index contributed by atoms with van der Waals surface area (Å²) in [6.07, 6.45) is 1.98. The van der Waals surface area contributed by atoms with Gasteiger partial charge in [0.05, 0.1) is 35.4 Å². The highest BCUT2D eigenvalue weighted by Gasteiger charge is 2.20. The highest BCUT2D eigenvalue weighted by molar-refractivity contribution is 7.99. The number of thioether (sulfide) groups is 1. The average Bonchev–Trinajstić information content (AvgIpc) is 3.01. The molecular formula is C15H14ClN3O2S. The predicted molar refractivity (Wildman–Crippen MR) is 86.3 cm³/mol. The van der Waals surface area contributed by atoms with Crippen LogP contribution in [0.25, 0.3) is 10.9 Å². The van der Waals surface area contributed by atoms with Gasteiger partial charge in [-0.25, -0.2) is 4.98 Å². The molecule has 1 aliphatic rings. The first-order valence-corrected chi connectivity index (χ1v) is 8.37. The molecule has 1 atom stereocenters. The summed E-state index contributed by atoms with van der Waals surface area (Å²) < 4.78 is 7.24. The van der Waals surface area contributed by atoms with Crippen LogP contribution in [-0.4, -0.2) is 28.0 Å². The second kappa shape index (κ2) is 6.69. The Morgan fingerprint density at radius 2 is 2.41 bits per heavy atom. The van der Waals surface area contributed by atoms with Crippen molar-refractivity contribution in [3.8, 4) is 6.07 Å². The van der Waals surface area contributed by atoms with Crippen molar-refractivity contribution in [3.05, 3.63) is 33.6 Å². The fraction of sp³-hybridized carbons (Fsp3) is 0.400. The lowest BCUT2D eigenvalue weighted by molar-refractivity contribution is 0.0937. The van der Waals surface area contributed by atoms with Crippen molar-refractivity contribution < 1.29 is 4.74 Å². The lowest BCUT2D eigenvalue weighted by Gasteiger charge is -2.15. The fourth-order valence-electron chi connectivity index (χ4n) is 2.53. The van der Waals surface area contributed by atoms with E-state index in [0.717, 1.165) is 19.4 Å². The van der Waals surface area contributed by atoms with Crippen LogP contribution in [0.2, 0.25) is 5.02 Å². The number of halogens is 1. The summed E-state index contributed by atoms with van der Waals surface area (Å²) in [6, 6.07) is 7.12. The first-order chi connectivity index (χ1) is 10.7. The number of nitriles is 1. The zero-order valence-electron chi connectivity index (χ0n) is 11.8. The van der Waals surface area contributed by atoms with Crippen LogP contribution in [0.3, 0.4) is 0 Å². The molecule has 2 heterocycles. The average molecular weight is 336 g/mol. The van der Waals surface area contributed by atoms with Crippen molar-refractivity contribution >= 4 is 34.3 Å². The fourth-order valence-corrected chi connectivity index (χ4v) is 3.37. The number of aromatic nitrogens is 2. The standard InChI is InChI=1S/C15H14ClN3O2S/c16-10-3-4-12-13(8-10)18-15(22-7-5-17)19(14(12)20)9-11-2-1-6-21-11/h3-4,8,11H,1-2,6-7,9H2/t11-/m1/s1. The molecule has 22 heavy (non-hydrogen) atoms. The van der Waals surface area contributed by atoms with Crippen LogP contribution < -0.4 is 5.56 Å². The van der Waals surface area contributed by atoms with Crippen LogP contribution in [0, 0.1) is 11.3 Å². The number of ether oxygens (including phenoxy) is 1. The maximum Gasteiger partial charge on any atom is 0.262 e. The van der Waals surface area contributed by atoms with Crippen molar-refractivity contribution in [2.24, 2.45) is 0 Å². The molecule has 0 N–H and O–H groups in total. The summed E-state index contributed by atoms with van der Waals surface area (Å²) >= 11 is 7.23. The third-order valence-corrected chi connectivity index (χ3v) is 4.64. The molecule has 114 valence electrons. The van der Waals surface area contributed by atoms with Gasteiger partial charge < -0.3 is 4.74 Å². The van der Waals surface area contributed by atoms with E-state index in [4.69, 9.17) is 21.6 Å². The number of rotatable bonds is 4. The van der Waals surface area contributed by atoms with Gasteiger partial charge in [0, 0.05) is 11.6 Å². The van der Waals surface area contributed by atoms with Crippen molar-refractivity contribution in [1.82, 2.24) is 9.55 Å². The Labute approximate surface area is 136 Å². The van der Waals surface area contributed by atoms with Gasteiger partial charge in [0.15, 0.2) is 5.16 Å². The van der Waals surface area contributed by atoms with Crippen molar-refractivity contribution in [2.75, 3.05) is 12.4 Å². The first kappa shape index (κ1) is 15.3. The maximum atomic E-state index is 12.7. The highest BCUT2D eigenvalue weighted by Crippen LogP contribution is 2.22. The summed E-state index contributed by atoms with van der Waals surface area (Å²) in [7, 11) is 0. The molecule has 0 bridgehead atoms. The van der Waals surface area contributed by atoms with E-state index in [9.17, 15) is 4.79 Å². The van der Waals surface area contributed by atoms with E-state index in [2.05, 4.69) is 11.1 Å². The molecule has 1 aromatic carbocycles. The second-order valence-corrected chi connectivity index (χ2v) is 6.43. The minimum absolute atomic E-state index is 0.0330. The molecular weight excluding hydrogens is 322 g/mol. The summed E-state index contributed by atoms with van der Waals surface area (Å²) in [4.78, 5) is 17.3. The third-order valence-electron chi connectivity index (χ3n) is 3.56. The van der Waals surface area contributed by atoms with Crippen LogP contribution in [0.15, 0.2) is 28.2 Å². The van der Waals surface area contributed by atoms with E-state index in [1.165, 1.54) is 11.8 Å². The summed E-state index contributed by atoms with van der Waals surface area (Å²) in [5.41, 5.74) is 0.444. The van der Waals surface area contributed by atoms with E-state index in [-0.39, 0.29) is 17.4 Å². The van der Waals surface area contributed by atoms with E-state index in [0.29, 0.717) is 27.6 Å². The molecule has 1 fully saturated rings. The van der Waals surface area contributed by atoms with Crippen LogP contribution in [0.4, 0.5) is 0 Å². The van der Waals surface area contributed by atoms with Gasteiger partial charge >= 0.3 is 0 Å². The minimum Gasteiger partial charge on any atom is -0.376 e. The molecule has 1 saturated heterocycles. The van der Waals surface area contributed by atoms with Gasteiger partial charge in [-0.1, -0.05) is 23.4 Å². The Morgan fingerprint density at radius 1 is 1.55 bits per heavy atom. The van der Waals surface area contributed by atoms with Crippen molar-refractivity contribution in [3.63, 3.8) is 0 Å². The Bertz CT molecular complexity index is 794. The highest BCUT2D eigenvalue weighted by atomic mass is 35.5. The second-order valence-electron chi connectivity index (χ2n) is 5.05. The van der Waals surface area contributed by atoms with Gasteiger partial charge in [-0.05, 0) is 31.0 Å². The topological polar surface area (TPSA) is 67.9 Å². The van der Waals surface area contributed by atoms with E-state index >= 15 is 0 Å². The number of hydrogen-bond donors (Lipinski definition) is 0. The van der Waals surface area contributed by atoms with Gasteiger partial charge in [0.25, 0.3) is 5.56 Å². The molecule has 0 spiro atoms. The lowest BCUT2D eigenvalue weighted by atomic mass is 10.2. The van der Waals surface area contributed by atoms with Gasteiger partial charge in [0.1, 0.15) is 0 Å². The molecule has 0 unspecified atom stereocenters. The van der Waals surface area contributed by atoms with Crippen molar-refractivity contribution in [1.29, 1.82) is 5.26 Å². The van der Waals surface area contributed by atoms with E-state index < -0.39 is 0 Å². The number of fused-ring (bicyclic) bond motifs is 1. The lowest BCUT2D eigenvalue weighted by Crippen LogP contribution is -2.28. The van der Waals surface area contributed by atoms with Crippen LogP contribution >= 0.6 is 23.4 Å². The number of benzene rings is 1. The molecule has 2 aromatic rings. The molecule has 0 saturated carbocycles. The number of nitrogens with zero attached hydrogens (tertiary/aromatic N) is 3. The Hall–Kier alpha value is -1.55. The maximum absolute atomic E-state index is 12.7. The largest absolute Gasteiger partial charge is 0.376 e. The molecule has 0 aliphatic carbocycles. The zero-order chi connectivity index (χ0) is 15.5. The van der Waals surface area contributed by atoms with Gasteiger partial charge in [0.2, 0.25) is 0 Å². The van der Waals surface area contributed by atoms with Gasteiger partial charge in [-0.3, -0.25) is 9.36 Å². The third kappa shape index (κ3) is 3.12. The normalized spacial score (nSPS) is 17.7. The molecule has 1 aliphatic heterocycles. The molecule has 7 heteroatoms. The van der Waals surface area contributed by atoms with Gasteiger partial charge in [-0.2, -0.15) is 5.26 Å². The monoisotopic (exact) mass is 335 g/mol. The SMILES string of the molecule is N#CCSc1nc2cc(Cl)ccc2c(=O)n1C[C@H]1CCCO1. The van der Waals surface area contributed by atoms with Gasteiger partial charge in [-0.15, -0.1) is 0 Å². The predicted octanol–water partition coefficient (Wildman–Crippen LogP) is 2.84. The Balaban J connectivity index is 2.09. The van der Waals surface area contributed by atoms with E-state index in [1.807, 2.05) is 0 Å². The zero-order valence-corrected chi connectivity index (χ0v) is 13.4. The van der Waals surface area contributed by atoms with E-state index in [1.54, 1.807) is 22.8 Å². The minimum atomic E-state index is -0.113. The van der Waals surface area contributed by atoms with Crippen LogP contribution in [0.1, 0.15) is 12.8 Å². The quantitative estimate of drug-likeness (QED) is 0.635. The summed E-state index contributed by atoms with van der Waals surface area (Å²) in [5.74, 6) is 0.240. The van der Waals surface area contributed by atoms with Crippen molar-refractivity contribution in [2.45, 2.75) is 30.6 Å².